The Labute approximate surface area is 371 Å². The number of methoxy groups -OCH3 is 1. The van der Waals surface area contributed by atoms with Crippen LogP contribution in [0.4, 0.5) is 5.82 Å². The van der Waals surface area contributed by atoms with Crippen LogP contribution in [0.15, 0.2) is 58.7 Å². The molecule has 1 fully saturated rings. The molecule has 1 amide bonds. The molecule has 64 heavy (non-hydrogen) atoms. The van der Waals surface area contributed by atoms with Crippen molar-refractivity contribution in [1.82, 2.24) is 25.1 Å². The van der Waals surface area contributed by atoms with Gasteiger partial charge in [0.1, 0.15) is 40.6 Å². The number of aliphatic imine (C=N–C) groups is 1. The van der Waals surface area contributed by atoms with Crippen LogP contribution in [0.2, 0.25) is 0 Å². The molecule has 18 heteroatoms. The number of phenols is 1. The summed E-state index contributed by atoms with van der Waals surface area (Å²) in [6.07, 6.45) is 6.60. The number of aryl methyl sites for hydroxylation is 1. The molecule has 0 radical (unpaired) electrons. The molecule has 4 aliphatic heterocycles. The van der Waals surface area contributed by atoms with Gasteiger partial charge in [0, 0.05) is 101 Å². The number of carbonyl (C=O) groups excluding carboxylic acids is 4. The van der Waals surface area contributed by atoms with Crippen LogP contribution in [-0.2, 0) is 30.3 Å². The summed E-state index contributed by atoms with van der Waals surface area (Å²) >= 11 is 0. The van der Waals surface area contributed by atoms with Crippen molar-refractivity contribution in [2.75, 3.05) is 32.5 Å². The zero-order chi connectivity index (χ0) is 46.4. The van der Waals surface area contributed by atoms with E-state index in [0.29, 0.717) is 44.8 Å². The van der Waals surface area contributed by atoms with Crippen molar-refractivity contribution in [3.63, 3.8) is 0 Å². The van der Waals surface area contributed by atoms with Gasteiger partial charge in [-0.3, -0.25) is 24.2 Å². The maximum atomic E-state index is 14.8. The summed E-state index contributed by atoms with van der Waals surface area (Å²) in [7, 11) is 1.45. The summed E-state index contributed by atoms with van der Waals surface area (Å²) in [6.45, 7) is 13.7. The number of anilines is 1. The first kappa shape index (κ1) is 46.2. The minimum Gasteiger partial charge on any atom is -0.507 e. The van der Waals surface area contributed by atoms with Crippen LogP contribution in [0.1, 0.15) is 98.0 Å². The number of nitrogens with one attached hydrogen (secondary N) is 2. The highest BCUT2D eigenvalue weighted by Gasteiger charge is 2.54. The second kappa shape index (κ2) is 18.0. The summed E-state index contributed by atoms with van der Waals surface area (Å²) in [4.78, 5) is 67.4. The number of aliphatic hydroxyl groups excluding tert-OH is 2. The van der Waals surface area contributed by atoms with Gasteiger partial charge in [-0.15, -0.1) is 0 Å². The SMILES string of the molecule is CO[C@H]1/C=C/O[C@@]2(C)Oc3c(C)c(O)c4c(c3C2=O)C2=NC3(CCN(CCn5c(N)cnc5C)CC3)NC2=C(NC(=O)/C(C)=C\C=C\C(C)[C@H](O)CC(O)[C@@H](C)C(OC(C)=O)C1)C4=O. The van der Waals surface area contributed by atoms with E-state index in [1.54, 1.807) is 39.1 Å². The van der Waals surface area contributed by atoms with Crippen molar-refractivity contribution in [3.05, 3.63) is 81.8 Å². The molecule has 1 aromatic carbocycles. The Morgan fingerprint density at radius 3 is 2.39 bits per heavy atom. The average molecular weight is 886 g/mol. The van der Waals surface area contributed by atoms with Crippen molar-refractivity contribution in [1.29, 1.82) is 0 Å². The van der Waals surface area contributed by atoms with Gasteiger partial charge in [-0.2, -0.15) is 0 Å². The van der Waals surface area contributed by atoms with Crippen molar-refractivity contribution in [2.24, 2.45) is 16.8 Å². The topological polar surface area (TPSA) is 249 Å². The number of nitrogens with zero attached hydrogens (tertiary/aromatic N) is 4. The molecule has 5 bridgehead atoms. The van der Waals surface area contributed by atoms with Crippen molar-refractivity contribution < 1.29 is 53.4 Å². The number of phenolic OH excluding ortho intramolecular Hbond substituents is 1. The number of benzene rings is 1. The first-order chi connectivity index (χ1) is 30.3. The largest absolute Gasteiger partial charge is 0.507 e. The van der Waals surface area contributed by atoms with Crippen LogP contribution in [-0.4, -0.2) is 122 Å². The van der Waals surface area contributed by atoms with Gasteiger partial charge in [-0.25, -0.2) is 4.98 Å². The number of ether oxygens (including phenoxy) is 4. The Balaban J connectivity index is 1.29. The number of ketones is 2. The fourth-order valence-corrected chi connectivity index (χ4v) is 8.94. The van der Waals surface area contributed by atoms with Crippen LogP contribution in [0.5, 0.6) is 11.5 Å². The summed E-state index contributed by atoms with van der Waals surface area (Å²) in [5, 5.41) is 40.4. The molecule has 3 unspecified atom stereocenters. The highest BCUT2D eigenvalue weighted by molar-refractivity contribution is 6.34. The lowest BCUT2D eigenvalue weighted by molar-refractivity contribution is -0.153. The van der Waals surface area contributed by atoms with Crippen LogP contribution in [0.25, 0.3) is 0 Å². The molecule has 7 atom stereocenters. The van der Waals surface area contributed by atoms with E-state index in [1.807, 2.05) is 11.5 Å². The first-order valence-corrected chi connectivity index (χ1v) is 21.7. The van der Waals surface area contributed by atoms with E-state index >= 15 is 0 Å². The number of Topliss-reactive ketones (excluding diaryl/α,β-unsaturated/α-hetero) is 2. The maximum absolute atomic E-state index is 14.8. The molecule has 0 saturated carbocycles. The number of imidazole rings is 1. The van der Waals surface area contributed by atoms with Crippen molar-refractivity contribution in [3.8, 4) is 11.5 Å². The van der Waals surface area contributed by atoms with Crippen LogP contribution >= 0.6 is 0 Å². The fraction of sp³-hybridized carbons (Fsp3) is 0.522. The van der Waals surface area contributed by atoms with Gasteiger partial charge in [-0.05, 0) is 26.8 Å². The van der Waals surface area contributed by atoms with E-state index < -0.39 is 76.9 Å². The molecule has 1 aliphatic carbocycles. The quantitative estimate of drug-likeness (QED) is 0.236. The van der Waals surface area contributed by atoms with Gasteiger partial charge in [0.25, 0.3) is 11.7 Å². The molecule has 1 saturated heterocycles. The number of carbonyl (C=O) groups is 4. The van der Waals surface area contributed by atoms with E-state index in [9.17, 15) is 34.5 Å². The summed E-state index contributed by atoms with van der Waals surface area (Å²) in [5.74, 6) is -4.66. The Kier molecular flexibility index (Phi) is 13.0. The van der Waals surface area contributed by atoms with Crippen LogP contribution in [0.3, 0.4) is 0 Å². The third-order valence-corrected chi connectivity index (χ3v) is 13.2. The van der Waals surface area contributed by atoms with Gasteiger partial charge in [-0.1, -0.05) is 32.1 Å². The molecule has 344 valence electrons. The maximum Gasteiger partial charge on any atom is 0.312 e. The second-order valence-corrected chi connectivity index (χ2v) is 17.6. The van der Waals surface area contributed by atoms with Crippen molar-refractivity contribution in [2.45, 2.75) is 117 Å². The van der Waals surface area contributed by atoms with Crippen LogP contribution < -0.4 is 21.1 Å². The third-order valence-electron chi connectivity index (χ3n) is 13.2. The van der Waals surface area contributed by atoms with Crippen molar-refractivity contribution >= 4 is 35.0 Å². The monoisotopic (exact) mass is 885 g/mol. The zero-order valence-corrected chi connectivity index (χ0v) is 37.6. The predicted octanol–water partition coefficient (Wildman–Crippen LogP) is 3.26. The first-order valence-electron chi connectivity index (χ1n) is 21.7. The number of fused-ring (bicyclic) bond motifs is 3. The normalized spacial score (nSPS) is 30.4. The number of aromatic nitrogens is 2. The number of likely N-dealkylation sites (tertiary alicyclic amines) is 1. The van der Waals surface area contributed by atoms with E-state index in [0.717, 1.165) is 5.82 Å². The predicted molar refractivity (Wildman–Crippen MR) is 234 cm³/mol. The average Bonchev–Trinajstić information content (AvgIpc) is 3.87. The number of aliphatic hydroxyl groups is 2. The molecule has 5 heterocycles. The van der Waals surface area contributed by atoms with Gasteiger partial charge in [0.15, 0.2) is 0 Å². The number of hydrogen-bond donors (Lipinski definition) is 6. The number of aromatic hydroxyl groups is 1. The molecule has 1 aromatic heterocycles. The Morgan fingerprint density at radius 1 is 1.02 bits per heavy atom. The van der Waals surface area contributed by atoms with E-state index in [1.165, 1.54) is 46.3 Å². The smallest absolute Gasteiger partial charge is 0.312 e. The molecular formula is C46H59N7O11. The molecule has 2 aromatic rings. The van der Waals surface area contributed by atoms with E-state index in [4.69, 9.17) is 29.7 Å². The molecule has 7 rings (SSSR count). The molecule has 7 N–H and O–H groups in total. The number of amides is 1. The lowest BCUT2D eigenvalue weighted by atomic mass is 9.82. The number of rotatable bonds is 5. The lowest BCUT2D eigenvalue weighted by Gasteiger charge is -2.38. The summed E-state index contributed by atoms with van der Waals surface area (Å²) < 4.78 is 25.6. The van der Waals surface area contributed by atoms with Gasteiger partial charge in [0.05, 0.1) is 53.3 Å². The molecule has 18 nitrogen and oxygen atoms in total. The molecule has 5 aliphatic rings. The van der Waals surface area contributed by atoms with Gasteiger partial charge >= 0.3 is 11.8 Å². The minimum absolute atomic E-state index is 0.00578. The lowest BCUT2D eigenvalue weighted by Crippen LogP contribution is -2.50. The standard InChI is InChI=1S/C46H59N7O11/c1-23-10-9-11-24(2)44(60)49-39-38-37(50-46(51-38)13-15-52(16-14-46)17-18-53-27(5)48-22-33(53)47)34-35(41(39)58)40(57)26(4)42-36(34)43(59)45(7,64-42)62-19-12-29(61-8)20-32(63-28(6)54)25(3)31(56)21-30(23)55/h9-12,19,22-23,25,29-32,51,55-57H,13-18,20-21,47H2,1-8H3,(H,49,60)/b10-9+,19-12+,24-11-/t23?,25-,29+,30-,31?,32?,45+/m1/s1. The zero-order valence-electron chi connectivity index (χ0n) is 37.6. The Hall–Kier alpha value is -5.82. The number of nitrogen functional groups attached to an aromatic ring is 1. The molecule has 1 spiro atoms. The Morgan fingerprint density at radius 2 is 1.73 bits per heavy atom. The van der Waals surface area contributed by atoms with Crippen LogP contribution in [0, 0.1) is 25.7 Å². The number of esters is 1. The number of piperidine rings is 1. The van der Waals surface area contributed by atoms with Gasteiger partial charge < -0.3 is 60.1 Å². The Bertz CT molecular complexity index is 2370. The highest BCUT2D eigenvalue weighted by atomic mass is 16.7. The number of allylic oxidation sites excluding steroid dienone is 4. The number of hydrogen-bond acceptors (Lipinski definition) is 16. The minimum atomic E-state index is -1.98. The van der Waals surface area contributed by atoms with Gasteiger partial charge in [0.2, 0.25) is 5.78 Å². The van der Waals surface area contributed by atoms with E-state index in [2.05, 4.69) is 20.5 Å². The fourth-order valence-electron chi connectivity index (χ4n) is 8.94. The molecular weight excluding hydrogens is 827 g/mol. The number of nitrogens with two attached hydrogens (primary N) is 1. The third kappa shape index (κ3) is 8.71. The second-order valence-electron chi connectivity index (χ2n) is 17.6. The van der Waals surface area contributed by atoms with E-state index in [-0.39, 0.29) is 63.5 Å². The summed E-state index contributed by atoms with van der Waals surface area (Å²) in [6, 6.07) is 0. The highest BCUT2D eigenvalue weighted by Crippen LogP contribution is 2.50. The summed E-state index contributed by atoms with van der Waals surface area (Å²) in [5.41, 5.74) is 5.68.